The average Bonchev–Trinajstić information content (AvgIpc) is 3.50. The van der Waals surface area contributed by atoms with E-state index in [1.807, 2.05) is 10.7 Å². The second-order valence-electron chi connectivity index (χ2n) is 11.8. The number of hydrogen-bond donors (Lipinski definition) is 1. The summed E-state index contributed by atoms with van der Waals surface area (Å²) in [5, 5.41) is 8.39. The number of amides is 1. The van der Waals surface area contributed by atoms with Crippen LogP contribution in [0.15, 0.2) is 54.6 Å². The van der Waals surface area contributed by atoms with Gasteiger partial charge in [0.15, 0.2) is 5.69 Å². The highest BCUT2D eigenvalue weighted by molar-refractivity contribution is 5.94. The lowest BCUT2D eigenvalue weighted by molar-refractivity contribution is 0.0732. The number of hydrogen-bond acceptors (Lipinski definition) is 2. The summed E-state index contributed by atoms with van der Waals surface area (Å²) >= 11 is 0. The number of rotatable bonds is 4. The molecule has 1 amide bonds. The fraction of sp³-hybridized carbons (Fsp3) is 0.467. The highest BCUT2D eigenvalue weighted by Crippen LogP contribution is 2.62. The summed E-state index contributed by atoms with van der Waals surface area (Å²) in [5.74, 6) is 0.461. The summed E-state index contributed by atoms with van der Waals surface area (Å²) in [5.41, 5.74) is 4.88. The number of carbonyl (C=O) groups is 1. The van der Waals surface area contributed by atoms with Gasteiger partial charge < -0.3 is 5.32 Å². The number of carbonyl (C=O) groups excluding carboxylic acids is 1. The van der Waals surface area contributed by atoms with Crippen LogP contribution in [-0.2, 0) is 6.42 Å². The molecule has 0 saturated heterocycles. The van der Waals surface area contributed by atoms with Gasteiger partial charge in [0, 0.05) is 17.5 Å². The second-order valence-corrected chi connectivity index (χ2v) is 11.8. The first-order chi connectivity index (χ1) is 16.8. The maximum atomic E-state index is 13.9. The van der Waals surface area contributed by atoms with Gasteiger partial charge in [-0.15, -0.1) is 0 Å². The summed E-state index contributed by atoms with van der Waals surface area (Å²) < 4.78 is 15.6. The number of aromatic nitrogens is 2. The molecule has 3 aromatic rings. The predicted molar refractivity (Wildman–Crippen MR) is 135 cm³/mol. The molecule has 0 aliphatic heterocycles. The Morgan fingerprint density at radius 1 is 1.06 bits per heavy atom. The van der Waals surface area contributed by atoms with Gasteiger partial charge >= 0.3 is 0 Å². The number of nitrogens with zero attached hydrogens (tertiary/aromatic N) is 2. The first-order valence-electron chi connectivity index (χ1n) is 13.0. The Bertz CT molecular complexity index is 1260. The third-order valence-electron chi connectivity index (χ3n) is 9.31. The lowest BCUT2D eigenvalue weighted by Gasteiger charge is -2.43. The van der Waals surface area contributed by atoms with E-state index in [0.717, 1.165) is 36.2 Å². The molecule has 4 nitrogen and oxygen atoms in total. The lowest BCUT2D eigenvalue weighted by atomic mass is 9.68. The predicted octanol–water partition coefficient (Wildman–Crippen LogP) is 6.42. The summed E-state index contributed by atoms with van der Waals surface area (Å²) in [6.45, 7) is 6.96. The van der Waals surface area contributed by atoms with Gasteiger partial charge in [-0.05, 0) is 85.1 Å². The Hall–Kier alpha value is -2.95. The van der Waals surface area contributed by atoms with E-state index < -0.39 is 0 Å². The molecule has 2 fully saturated rings. The summed E-state index contributed by atoms with van der Waals surface area (Å²) in [6.07, 6.45) is 6.45. The molecule has 1 N–H and O–H groups in total. The second kappa shape index (κ2) is 8.04. The van der Waals surface area contributed by atoms with Gasteiger partial charge in [0.1, 0.15) is 5.82 Å². The Morgan fingerprint density at radius 2 is 1.80 bits per heavy atom. The smallest absolute Gasteiger partial charge is 0.272 e. The van der Waals surface area contributed by atoms with E-state index in [-0.39, 0.29) is 34.5 Å². The highest BCUT2D eigenvalue weighted by atomic mass is 19.1. The molecule has 1 heterocycles. The van der Waals surface area contributed by atoms with Crippen LogP contribution in [-0.4, -0.2) is 21.7 Å². The van der Waals surface area contributed by atoms with E-state index in [4.69, 9.17) is 5.10 Å². The molecule has 2 saturated carbocycles. The van der Waals surface area contributed by atoms with Crippen molar-refractivity contribution in [1.29, 1.82) is 0 Å². The van der Waals surface area contributed by atoms with Gasteiger partial charge in [-0.3, -0.25) is 4.79 Å². The van der Waals surface area contributed by atoms with Crippen LogP contribution in [0.4, 0.5) is 4.39 Å². The molecule has 0 radical (unpaired) electrons. The summed E-state index contributed by atoms with van der Waals surface area (Å²) in [4.78, 5) is 13.9. The zero-order chi connectivity index (χ0) is 24.4. The van der Waals surface area contributed by atoms with Crippen molar-refractivity contribution in [2.24, 2.45) is 16.7 Å². The molecule has 6 rings (SSSR count). The summed E-state index contributed by atoms with van der Waals surface area (Å²) in [6, 6.07) is 17.0. The van der Waals surface area contributed by atoms with Crippen molar-refractivity contribution >= 4 is 5.91 Å². The fourth-order valence-electron chi connectivity index (χ4n) is 7.52. The Kier molecular flexibility index (Phi) is 5.17. The van der Waals surface area contributed by atoms with Crippen molar-refractivity contribution in [2.75, 3.05) is 0 Å². The van der Waals surface area contributed by atoms with Crippen molar-refractivity contribution in [3.8, 4) is 5.69 Å². The van der Waals surface area contributed by atoms with Gasteiger partial charge in [-0.2, -0.15) is 5.10 Å². The monoisotopic (exact) mass is 471 g/mol. The zero-order valence-corrected chi connectivity index (χ0v) is 20.9. The molecular formula is C30H34FN3O. The van der Waals surface area contributed by atoms with E-state index in [1.54, 1.807) is 12.1 Å². The minimum absolute atomic E-state index is 0.0670. The van der Waals surface area contributed by atoms with E-state index in [0.29, 0.717) is 11.6 Å². The van der Waals surface area contributed by atoms with E-state index in [1.165, 1.54) is 37.0 Å². The molecule has 35 heavy (non-hydrogen) atoms. The lowest BCUT2D eigenvalue weighted by Crippen LogP contribution is -2.52. The maximum Gasteiger partial charge on any atom is 0.272 e. The molecule has 5 heteroatoms. The SMILES string of the molecule is CC12CCC(C1)C(C)(C)C2NC(=O)c1nn(-c2ccc(F)cc2)c2c1CCCC2c1ccccc1. The van der Waals surface area contributed by atoms with E-state index in [9.17, 15) is 9.18 Å². The zero-order valence-electron chi connectivity index (χ0n) is 20.9. The van der Waals surface area contributed by atoms with Crippen LogP contribution in [0.5, 0.6) is 0 Å². The van der Waals surface area contributed by atoms with E-state index in [2.05, 4.69) is 50.4 Å². The standard InChI is InChI=1S/C30H34FN3O/c1-29(2)20-16-17-30(3,18-20)28(29)32-27(35)25-24-11-7-10-23(19-8-5-4-6-9-19)26(24)34(33-25)22-14-12-21(31)13-15-22/h4-6,8-9,12-15,20,23,28H,7,10-11,16-18H2,1-3H3,(H,32,35). The van der Waals surface area contributed by atoms with Crippen molar-refractivity contribution < 1.29 is 9.18 Å². The molecule has 0 spiro atoms. The summed E-state index contributed by atoms with van der Waals surface area (Å²) in [7, 11) is 0. The first-order valence-corrected chi connectivity index (χ1v) is 13.0. The van der Waals surface area contributed by atoms with Gasteiger partial charge in [0.25, 0.3) is 5.91 Å². The van der Waals surface area contributed by atoms with Crippen LogP contribution < -0.4 is 5.32 Å². The number of halogens is 1. The minimum atomic E-state index is -0.279. The van der Waals surface area contributed by atoms with Gasteiger partial charge in [0.05, 0.1) is 11.4 Å². The Balaban J connectivity index is 1.43. The highest BCUT2D eigenvalue weighted by Gasteiger charge is 2.59. The van der Waals surface area contributed by atoms with Crippen LogP contribution in [0.1, 0.15) is 86.1 Å². The van der Waals surface area contributed by atoms with Crippen LogP contribution in [0.3, 0.4) is 0 Å². The Labute approximate surface area is 206 Å². The minimum Gasteiger partial charge on any atom is -0.347 e. The topological polar surface area (TPSA) is 46.9 Å². The average molecular weight is 472 g/mol. The van der Waals surface area contributed by atoms with Crippen LogP contribution in [0, 0.1) is 22.6 Å². The largest absolute Gasteiger partial charge is 0.347 e. The number of nitrogens with one attached hydrogen (secondary N) is 1. The van der Waals surface area contributed by atoms with Crippen LogP contribution in [0.25, 0.3) is 5.69 Å². The third kappa shape index (κ3) is 3.54. The van der Waals surface area contributed by atoms with Crippen LogP contribution >= 0.6 is 0 Å². The molecular weight excluding hydrogens is 437 g/mol. The van der Waals surface area contributed by atoms with Crippen molar-refractivity contribution in [3.63, 3.8) is 0 Å². The number of benzene rings is 2. The van der Waals surface area contributed by atoms with Gasteiger partial charge in [0.2, 0.25) is 0 Å². The molecule has 4 atom stereocenters. The molecule has 182 valence electrons. The maximum absolute atomic E-state index is 13.9. The number of fused-ring (bicyclic) bond motifs is 3. The molecule has 4 unspecified atom stereocenters. The van der Waals surface area contributed by atoms with Gasteiger partial charge in [-0.1, -0.05) is 51.1 Å². The molecule has 2 bridgehead atoms. The quantitative estimate of drug-likeness (QED) is 0.477. The van der Waals surface area contributed by atoms with Crippen molar-refractivity contribution in [2.45, 2.75) is 71.3 Å². The normalized spacial score (nSPS) is 28.6. The van der Waals surface area contributed by atoms with Crippen molar-refractivity contribution in [3.05, 3.63) is 82.9 Å². The van der Waals surface area contributed by atoms with Gasteiger partial charge in [-0.25, -0.2) is 9.07 Å². The molecule has 2 aromatic carbocycles. The fourth-order valence-corrected chi connectivity index (χ4v) is 7.52. The van der Waals surface area contributed by atoms with E-state index >= 15 is 0 Å². The van der Waals surface area contributed by atoms with Crippen molar-refractivity contribution in [1.82, 2.24) is 15.1 Å². The molecule has 1 aromatic heterocycles. The molecule has 3 aliphatic carbocycles. The Morgan fingerprint density at radius 3 is 2.49 bits per heavy atom. The van der Waals surface area contributed by atoms with Crippen LogP contribution in [0.2, 0.25) is 0 Å². The molecule has 3 aliphatic rings. The first kappa shape index (κ1) is 22.5. The third-order valence-corrected chi connectivity index (χ3v) is 9.31.